The van der Waals surface area contributed by atoms with Crippen LogP contribution >= 0.6 is 0 Å². The van der Waals surface area contributed by atoms with Crippen molar-refractivity contribution in [2.45, 2.75) is 25.8 Å². The summed E-state index contributed by atoms with van der Waals surface area (Å²) in [6.45, 7) is 4.63. The fourth-order valence-corrected chi connectivity index (χ4v) is 3.01. The molecule has 1 aliphatic rings. The van der Waals surface area contributed by atoms with E-state index in [1.54, 1.807) is 7.11 Å². The van der Waals surface area contributed by atoms with Gasteiger partial charge in [-0.3, -0.25) is 10.00 Å². The van der Waals surface area contributed by atoms with Crippen molar-refractivity contribution in [3.63, 3.8) is 0 Å². The zero-order valence-electron chi connectivity index (χ0n) is 12.4. The fourth-order valence-electron chi connectivity index (χ4n) is 3.01. The third kappa shape index (κ3) is 2.93. The highest BCUT2D eigenvalue weighted by molar-refractivity contribution is 5.29. The van der Waals surface area contributed by atoms with E-state index in [9.17, 15) is 4.39 Å². The summed E-state index contributed by atoms with van der Waals surface area (Å²) >= 11 is 0. The molecule has 21 heavy (non-hydrogen) atoms. The maximum absolute atomic E-state index is 14.0. The largest absolute Gasteiger partial charge is 0.497 e. The molecule has 112 valence electrons. The number of methoxy groups -OCH3 is 1. The molecule has 5 heteroatoms. The van der Waals surface area contributed by atoms with Gasteiger partial charge >= 0.3 is 0 Å². The van der Waals surface area contributed by atoms with Crippen molar-refractivity contribution in [2.24, 2.45) is 0 Å². The smallest absolute Gasteiger partial charge is 0.131 e. The molecule has 1 aromatic heterocycles. The lowest BCUT2D eigenvalue weighted by atomic mass is 10.0. The Morgan fingerprint density at radius 2 is 2.33 bits per heavy atom. The molecule has 0 radical (unpaired) electrons. The fraction of sp³-hybridized carbons (Fsp3) is 0.438. The van der Waals surface area contributed by atoms with Crippen molar-refractivity contribution in [3.8, 4) is 5.75 Å². The van der Waals surface area contributed by atoms with Crippen LogP contribution < -0.4 is 4.74 Å². The van der Waals surface area contributed by atoms with E-state index in [1.807, 2.05) is 18.3 Å². The summed E-state index contributed by atoms with van der Waals surface area (Å²) in [5.74, 6) is 0.827. The molecule has 0 saturated carbocycles. The van der Waals surface area contributed by atoms with E-state index in [-0.39, 0.29) is 5.82 Å². The summed E-state index contributed by atoms with van der Waals surface area (Å²) in [6.07, 6.45) is 2.95. The predicted molar refractivity (Wildman–Crippen MR) is 78.9 cm³/mol. The van der Waals surface area contributed by atoms with E-state index in [0.717, 1.165) is 25.1 Å². The molecule has 1 atom stereocenters. The first-order valence-corrected chi connectivity index (χ1v) is 7.22. The maximum atomic E-state index is 14.0. The zero-order valence-corrected chi connectivity index (χ0v) is 12.4. The minimum absolute atomic E-state index is 0.199. The van der Waals surface area contributed by atoms with Crippen molar-refractivity contribution in [2.75, 3.05) is 20.2 Å². The van der Waals surface area contributed by atoms with Crippen molar-refractivity contribution >= 4 is 0 Å². The van der Waals surface area contributed by atoms with Gasteiger partial charge in [-0.1, -0.05) is 6.07 Å². The molecule has 0 spiro atoms. The number of benzene rings is 1. The minimum Gasteiger partial charge on any atom is -0.497 e. The van der Waals surface area contributed by atoms with Crippen LogP contribution in [0, 0.1) is 12.7 Å². The van der Waals surface area contributed by atoms with Gasteiger partial charge in [-0.25, -0.2) is 4.39 Å². The predicted octanol–water partition coefficient (Wildman–Crippen LogP) is 2.86. The number of rotatable bonds is 4. The number of hydrogen-bond acceptors (Lipinski definition) is 3. The van der Waals surface area contributed by atoms with Gasteiger partial charge < -0.3 is 4.74 Å². The Bertz CT molecular complexity index is 626. The van der Waals surface area contributed by atoms with Crippen molar-refractivity contribution in [1.29, 1.82) is 0 Å². The number of aryl methyl sites for hydroxylation is 1. The van der Waals surface area contributed by atoms with Crippen molar-refractivity contribution < 1.29 is 9.13 Å². The lowest BCUT2D eigenvalue weighted by Gasteiger charge is -2.16. The van der Waals surface area contributed by atoms with Gasteiger partial charge in [0, 0.05) is 36.3 Å². The highest BCUT2D eigenvalue weighted by Crippen LogP contribution is 2.29. The van der Waals surface area contributed by atoms with Gasteiger partial charge in [0.15, 0.2) is 0 Å². The third-order valence-electron chi connectivity index (χ3n) is 4.20. The van der Waals surface area contributed by atoms with Crippen molar-refractivity contribution in [1.82, 2.24) is 15.1 Å². The average Bonchev–Trinajstić information content (AvgIpc) is 3.09. The number of nitrogens with zero attached hydrogens (tertiary/aromatic N) is 2. The normalized spacial score (nSPS) is 19.1. The molecule has 0 amide bonds. The molecule has 2 heterocycles. The zero-order chi connectivity index (χ0) is 14.8. The van der Waals surface area contributed by atoms with Crippen LogP contribution in [0.1, 0.15) is 29.2 Å². The number of hydrogen-bond donors (Lipinski definition) is 1. The van der Waals surface area contributed by atoms with Crippen LogP contribution in [0.2, 0.25) is 0 Å². The molecule has 1 fully saturated rings. The highest BCUT2D eigenvalue weighted by Gasteiger charge is 2.26. The average molecular weight is 289 g/mol. The van der Waals surface area contributed by atoms with Crippen LogP contribution in [0.25, 0.3) is 0 Å². The van der Waals surface area contributed by atoms with Crippen molar-refractivity contribution in [3.05, 3.63) is 47.0 Å². The molecule has 1 unspecified atom stereocenters. The van der Waals surface area contributed by atoms with Gasteiger partial charge in [-0.2, -0.15) is 5.10 Å². The Hall–Kier alpha value is -1.88. The summed E-state index contributed by atoms with van der Waals surface area (Å²) in [5, 5.41) is 7.18. The first-order chi connectivity index (χ1) is 10.2. The van der Waals surface area contributed by atoms with Gasteiger partial charge in [-0.05, 0) is 31.5 Å². The summed E-state index contributed by atoms with van der Waals surface area (Å²) in [4.78, 5) is 2.29. The second-order valence-electron chi connectivity index (χ2n) is 5.64. The Kier molecular flexibility index (Phi) is 3.92. The van der Waals surface area contributed by atoms with E-state index >= 15 is 0 Å². The highest BCUT2D eigenvalue weighted by atomic mass is 19.1. The van der Waals surface area contributed by atoms with Crippen LogP contribution in [0.4, 0.5) is 4.39 Å². The van der Waals surface area contributed by atoms with Crippen LogP contribution in [0.15, 0.2) is 24.4 Å². The van der Waals surface area contributed by atoms with Gasteiger partial charge in [0.25, 0.3) is 0 Å². The molecule has 0 bridgehead atoms. The Morgan fingerprint density at radius 1 is 1.48 bits per heavy atom. The summed E-state index contributed by atoms with van der Waals surface area (Å²) in [5.41, 5.74) is 3.14. The van der Waals surface area contributed by atoms with Gasteiger partial charge in [0.2, 0.25) is 0 Å². The maximum Gasteiger partial charge on any atom is 0.131 e. The minimum atomic E-state index is -0.199. The second kappa shape index (κ2) is 5.85. The van der Waals surface area contributed by atoms with Gasteiger partial charge in [0.1, 0.15) is 11.6 Å². The number of aromatic nitrogens is 2. The Morgan fingerprint density at radius 3 is 3.00 bits per heavy atom. The first kappa shape index (κ1) is 14.1. The van der Waals surface area contributed by atoms with Crippen LogP contribution in [0.5, 0.6) is 5.75 Å². The number of halogens is 1. The summed E-state index contributed by atoms with van der Waals surface area (Å²) in [6, 6.07) is 5.07. The van der Waals surface area contributed by atoms with E-state index in [1.165, 1.54) is 17.3 Å². The summed E-state index contributed by atoms with van der Waals surface area (Å²) < 4.78 is 19.0. The monoisotopic (exact) mass is 289 g/mol. The third-order valence-corrected chi connectivity index (χ3v) is 4.20. The molecule has 1 N–H and O–H groups in total. The molecule has 3 rings (SSSR count). The van der Waals surface area contributed by atoms with E-state index in [4.69, 9.17) is 4.74 Å². The number of likely N-dealkylation sites (tertiary alicyclic amines) is 1. The van der Waals surface area contributed by atoms with Crippen LogP contribution in [0.3, 0.4) is 0 Å². The second-order valence-corrected chi connectivity index (χ2v) is 5.64. The number of ether oxygens (including phenoxy) is 1. The van der Waals surface area contributed by atoms with E-state index < -0.39 is 0 Å². The van der Waals surface area contributed by atoms with Crippen LogP contribution in [-0.2, 0) is 6.54 Å². The lowest BCUT2D eigenvalue weighted by molar-refractivity contribution is 0.320. The number of aromatic amines is 1. The molecule has 4 nitrogen and oxygen atoms in total. The summed E-state index contributed by atoms with van der Waals surface area (Å²) in [7, 11) is 1.55. The Balaban J connectivity index is 1.66. The van der Waals surface area contributed by atoms with Gasteiger partial charge in [-0.15, -0.1) is 0 Å². The first-order valence-electron chi connectivity index (χ1n) is 7.22. The topological polar surface area (TPSA) is 41.1 Å². The standard InChI is InChI=1S/C16H20FN3O/c1-11-8-18-19-16(11)13-5-6-20(10-13)9-12-3-4-14(21-2)7-15(12)17/h3-4,7-8,13H,5-6,9-10H2,1-2H3,(H,18,19). The molecule has 1 saturated heterocycles. The molecular formula is C16H20FN3O. The van der Waals surface area contributed by atoms with E-state index in [0.29, 0.717) is 18.2 Å². The quantitative estimate of drug-likeness (QED) is 0.941. The molecule has 0 aliphatic carbocycles. The lowest BCUT2D eigenvalue weighted by Crippen LogP contribution is -2.20. The SMILES string of the molecule is COc1ccc(CN2CCC(c3[nH]ncc3C)C2)c(F)c1. The molecule has 1 aliphatic heterocycles. The van der Waals surface area contributed by atoms with Gasteiger partial charge in [0.05, 0.1) is 13.3 Å². The van der Waals surface area contributed by atoms with E-state index in [2.05, 4.69) is 22.0 Å². The number of nitrogens with one attached hydrogen (secondary N) is 1. The molecule has 2 aromatic rings. The Labute approximate surface area is 123 Å². The number of H-pyrrole nitrogens is 1. The van der Waals surface area contributed by atoms with Crippen LogP contribution in [-0.4, -0.2) is 35.3 Å². The molecular weight excluding hydrogens is 269 g/mol. The molecule has 1 aromatic carbocycles.